The number of aromatic amines is 1. The molecular formula is C16H17BrN2O4. The van der Waals surface area contributed by atoms with Gasteiger partial charge in [-0.05, 0) is 30.2 Å². The Bertz CT molecular complexity index is 737. The van der Waals surface area contributed by atoms with Crippen molar-refractivity contribution >= 4 is 38.7 Å². The second-order valence-electron chi connectivity index (χ2n) is 5.67. The molecule has 1 fully saturated rings. The number of amides is 1. The molecular weight excluding hydrogens is 364 g/mol. The molecule has 1 aliphatic rings. The molecule has 7 heteroatoms. The van der Waals surface area contributed by atoms with Gasteiger partial charge in [0.15, 0.2) is 0 Å². The number of benzene rings is 1. The second-order valence-corrected chi connectivity index (χ2v) is 6.58. The molecule has 2 atom stereocenters. The first kappa shape index (κ1) is 16.0. The number of carbonyl (C=O) groups excluding carboxylic acids is 1. The predicted molar refractivity (Wildman–Crippen MR) is 88.2 cm³/mol. The molecule has 2 heterocycles. The lowest BCUT2D eigenvalue weighted by Crippen LogP contribution is -2.45. The molecule has 0 radical (unpaired) electrons. The van der Waals surface area contributed by atoms with Crippen molar-refractivity contribution in [3.8, 4) is 0 Å². The SMILES string of the molecule is O=C(N[C@H](Cc1c[nH]c2ccc(Br)cc12)C(=O)O)[C@@H]1CCOC1. The van der Waals surface area contributed by atoms with Gasteiger partial charge in [-0.25, -0.2) is 4.79 Å². The minimum Gasteiger partial charge on any atom is -0.480 e. The van der Waals surface area contributed by atoms with E-state index in [4.69, 9.17) is 4.74 Å². The van der Waals surface area contributed by atoms with Crippen molar-refractivity contribution in [1.29, 1.82) is 0 Å². The highest BCUT2D eigenvalue weighted by Gasteiger charge is 2.28. The molecule has 1 amide bonds. The first-order valence-electron chi connectivity index (χ1n) is 7.41. The normalized spacial score (nSPS) is 18.9. The van der Waals surface area contributed by atoms with Gasteiger partial charge in [-0.1, -0.05) is 15.9 Å². The molecule has 0 saturated carbocycles. The molecule has 1 aliphatic heterocycles. The lowest BCUT2D eigenvalue weighted by molar-refractivity contribution is -0.142. The summed E-state index contributed by atoms with van der Waals surface area (Å²) < 4.78 is 6.10. The Labute approximate surface area is 141 Å². The van der Waals surface area contributed by atoms with E-state index in [0.717, 1.165) is 20.9 Å². The van der Waals surface area contributed by atoms with E-state index < -0.39 is 12.0 Å². The number of aromatic nitrogens is 1. The van der Waals surface area contributed by atoms with Gasteiger partial charge >= 0.3 is 5.97 Å². The fourth-order valence-electron chi connectivity index (χ4n) is 2.77. The minimum absolute atomic E-state index is 0.227. The number of ether oxygens (including phenoxy) is 1. The van der Waals surface area contributed by atoms with Crippen LogP contribution in [0.25, 0.3) is 10.9 Å². The maximum atomic E-state index is 12.1. The number of carboxylic acid groups (broad SMARTS) is 1. The smallest absolute Gasteiger partial charge is 0.326 e. The zero-order valence-electron chi connectivity index (χ0n) is 12.3. The van der Waals surface area contributed by atoms with Crippen LogP contribution in [0.1, 0.15) is 12.0 Å². The van der Waals surface area contributed by atoms with Gasteiger partial charge in [-0.2, -0.15) is 0 Å². The Morgan fingerprint density at radius 1 is 1.48 bits per heavy atom. The van der Waals surface area contributed by atoms with Gasteiger partial charge in [0, 0.05) is 34.6 Å². The monoisotopic (exact) mass is 380 g/mol. The van der Waals surface area contributed by atoms with Crippen molar-refractivity contribution < 1.29 is 19.4 Å². The molecule has 23 heavy (non-hydrogen) atoms. The summed E-state index contributed by atoms with van der Waals surface area (Å²) in [7, 11) is 0. The molecule has 122 valence electrons. The molecule has 6 nitrogen and oxygen atoms in total. The number of carbonyl (C=O) groups is 2. The molecule has 0 spiro atoms. The van der Waals surface area contributed by atoms with Crippen LogP contribution in [-0.2, 0) is 20.7 Å². The van der Waals surface area contributed by atoms with E-state index >= 15 is 0 Å². The summed E-state index contributed by atoms with van der Waals surface area (Å²) in [4.78, 5) is 26.8. The van der Waals surface area contributed by atoms with Crippen LogP contribution in [0, 0.1) is 5.92 Å². The number of fused-ring (bicyclic) bond motifs is 1. The van der Waals surface area contributed by atoms with Gasteiger partial charge < -0.3 is 20.1 Å². The van der Waals surface area contributed by atoms with Crippen LogP contribution < -0.4 is 5.32 Å². The summed E-state index contributed by atoms with van der Waals surface area (Å²) in [6, 6.07) is 4.82. The molecule has 1 aromatic carbocycles. The lowest BCUT2D eigenvalue weighted by atomic mass is 10.0. The molecule has 0 bridgehead atoms. The van der Waals surface area contributed by atoms with Gasteiger partial charge in [-0.3, -0.25) is 4.79 Å². The van der Waals surface area contributed by atoms with Crippen molar-refractivity contribution in [2.24, 2.45) is 5.92 Å². The fraction of sp³-hybridized carbons (Fsp3) is 0.375. The third kappa shape index (κ3) is 3.56. The molecule has 1 aromatic heterocycles. The Kier molecular flexibility index (Phi) is 4.68. The number of hydrogen-bond acceptors (Lipinski definition) is 3. The zero-order chi connectivity index (χ0) is 16.4. The largest absolute Gasteiger partial charge is 0.480 e. The van der Waals surface area contributed by atoms with E-state index in [9.17, 15) is 14.7 Å². The third-order valence-electron chi connectivity index (χ3n) is 4.07. The molecule has 0 unspecified atom stereocenters. The highest BCUT2D eigenvalue weighted by Crippen LogP contribution is 2.24. The minimum atomic E-state index is -1.04. The molecule has 3 rings (SSSR count). The van der Waals surface area contributed by atoms with Crippen LogP contribution in [-0.4, -0.2) is 41.2 Å². The van der Waals surface area contributed by atoms with Gasteiger partial charge in [-0.15, -0.1) is 0 Å². The number of aliphatic carboxylic acids is 1. The summed E-state index contributed by atoms with van der Waals surface area (Å²) in [6.07, 6.45) is 2.65. The van der Waals surface area contributed by atoms with E-state index in [1.165, 1.54) is 0 Å². The summed E-state index contributed by atoms with van der Waals surface area (Å²) in [6.45, 7) is 0.907. The Morgan fingerprint density at radius 3 is 3.00 bits per heavy atom. The highest BCUT2D eigenvalue weighted by atomic mass is 79.9. The molecule has 0 aliphatic carbocycles. The summed E-state index contributed by atoms with van der Waals surface area (Å²) in [5.74, 6) is -1.55. The Morgan fingerprint density at radius 2 is 2.30 bits per heavy atom. The summed E-state index contributed by atoms with van der Waals surface area (Å²) in [5.41, 5.74) is 1.79. The highest BCUT2D eigenvalue weighted by molar-refractivity contribution is 9.10. The number of nitrogens with one attached hydrogen (secondary N) is 2. The van der Waals surface area contributed by atoms with E-state index in [1.807, 2.05) is 18.2 Å². The van der Waals surface area contributed by atoms with Crippen molar-refractivity contribution in [2.75, 3.05) is 13.2 Å². The van der Waals surface area contributed by atoms with E-state index in [1.54, 1.807) is 6.20 Å². The topological polar surface area (TPSA) is 91.4 Å². The number of rotatable bonds is 5. The molecule has 3 N–H and O–H groups in total. The van der Waals surface area contributed by atoms with E-state index in [2.05, 4.69) is 26.2 Å². The van der Waals surface area contributed by atoms with Crippen molar-refractivity contribution in [2.45, 2.75) is 18.9 Å². The average molecular weight is 381 g/mol. The van der Waals surface area contributed by atoms with Crippen LogP contribution in [0.15, 0.2) is 28.9 Å². The van der Waals surface area contributed by atoms with Crippen LogP contribution >= 0.6 is 15.9 Å². The van der Waals surface area contributed by atoms with Crippen LogP contribution in [0.4, 0.5) is 0 Å². The first-order chi connectivity index (χ1) is 11.0. The van der Waals surface area contributed by atoms with Crippen LogP contribution in [0.5, 0.6) is 0 Å². The van der Waals surface area contributed by atoms with Crippen molar-refractivity contribution in [3.05, 3.63) is 34.4 Å². The predicted octanol–water partition coefficient (Wildman–Crippen LogP) is 2.08. The first-order valence-corrected chi connectivity index (χ1v) is 8.20. The zero-order valence-corrected chi connectivity index (χ0v) is 13.9. The standard InChI is InChI=1S/C16H17BrN2O4/c17-11-1-2-13-12(6-11)10(7-18-13)5-14(16(21)22)19-15(20)9-3-4-23-8-9/h1-2,6-7,9,14,18H,3-5,8H2,(H,19,20)(H,21,22)/t9-,14-/m1/s1. The van der Waals surface area contributed by atoms with Crippen molar-refractivity contribution in [1.82, 2.24) is 10.3 Å². The number of halogens is 1. The van der Waals surface area contributed by atoms with E-state index in [-0.39, 0.29) is 18.2 Å². The van der Waals surface area contributed by atoms with Crippen LogP contribution in [0.2, 0.25) is 0 Å². The lowest BCUT2D eigenvalue weighted by Gasteiger charge is -2.16. The maximum absolute atomic E-state index is 12.1. The van der Waals surface area contributed by atoms with Gasteiger partial charge in [0.05, 0.1) is 12.5 Å². The second kappa shape index (κ2) is 6.72. The third-order valence-corrected chi connectivity index (χ3v) is 4.56. The number of carboxylic acids is 1. The van der Waals surface area contributed by atoms with Gasteiger partial charge in [0.2, 0.25) is 5.91 Å². The Balaban J connectivity index is 1.77. The van der Waals surface area contributed by atoms with Gasteiger partial charge in [0.1, 0.15) is 6.04 Å². The number of H-pyrrole nitrogens is 1. The summed E-state index contributed by atoms with van der Waals surface area (Å²) in [5, 5.41) is 13.0. The van der Waals surface area contributed by atoms with Crippen molar-refractivity contribution in [3.63, 3.8) is 0 Å². The van der Waals surface area contributed by atoms with E-state index in [0.29, 0.717) is 19.6 Å². The van der Waals surface area contributed by atoms with Gasteiger partial charge in [0.25, 0.3) is 0 Å². The average Bonchev–Trinajstić information content (AvgIpc) is 3.16. The maximum Gasteiger partial charge on any atom is 0.326 e. The fourth-order valence-corrected chi connectivity index (χ4v) is 3.13. The summed E-state index contributed by atoms with van der Waals surface area (Å²) >= 11 is 3.42. The van der Waals surface area contributed by atoms with Crippen LogP contribution in [0.3, 0.4) is 0 Å². The number of hydrogen-bond donors (Lipinski definition) is 3. The Hall–Kier alpha value is -1.86. The quantitative estimate of drug-likeness (QED) is 0.740. The molecule has 1 saturated heterocycles. The molecule has 2 aromatic rings.